The molecule has 4 aliphatic carbocycles. The van der Waals surface area contributed by atoms with Gasteiger partial charge in [-0.15, -0.1) is 0 Å². The highest BCUT2D eigenvalue weighted by Gasteiger charge is 2.71. The first-order valence-electron chi connectivity index (χ1n) is 14.3. The van der Waals surface area contributed by atoms with Gasteiger partial charge >= 0.3 is 12.1 Å². The van der Waals surface area contributed by atoms with Gasteiger partial charge in [0, 0.05) is 19.3 Å². The van der Waals surface area contributed by atoms with E-state index < -0.39 is 24.5 Å². The van der Waals surface area contributed by atoms with Gasteiger partial charge in [-0.1, -0.05) is 41.0 Å². The van der Waals surface area contributed by atoms with Crippen LogP contribution in [0.5, 0.6) is 0 Å². The molecule has 4 saturated carbocycles. The summed E-state index contributed by atoms with van der Waals surface area (Å²) in [6.45, 7) is 12.6. The normalized spacial score (nSPS) is 54.6. The first-order valence-corrected chi connectivity index (χ1v) is 14.3. The van der Waals surface area contributed by atoms with Gasteiger partial charge in [-0.3, -0.25) is 4.79 Å². The van der Waals surface area contributed by atoms with Crippen molar-refractivity contribution in [2.75, 3.05) is 0 Å². The van der Waals surface area contributed by atoms with Crippen LogP contribution in [0.1, 0.15) is 92.9 Å². The van der Waals surface area contributed by atoms with Crippen molar-refractivity contribution in [2.24, 2.45) is 58.2 Å². The molecule has 5 rings (SSSR count). The van der Waals surface area contributed by atoms with E-state index in [-0.39, 0.29) is 52.5 Å². The molecule has 0 bridgehead atoms. The van der Waals surface area contributed by atoms with E-state index in [9.17, 15) is 23.1 Å². The van der Waals surface area contributed by atoms with Crippen molar-refractivity contribution >= 4 is 5.97 Å². The maximum Gasteiger partial charge on any atom is 0.443 e. The number of alkyl halides is 3. The quantitative estimate of drug-likeness (QED) is 0.415. The standard InChI is InChI=1S/C29H45F3O4/c1-7-18-20-12-15(2)8-10-26(20,5)19-9-11-27(6)21(23(19)25(18)35-17(4)33)13-22-24(27)16(3)14-28(34,36-22)29(30,31)32/h15-16,18-25,34H,7-14H2,1-6H3/t15-,16-,18-,19?,20+,21?,22+,23?,24+,25?,26-,27+,28?/m1/s1. The molecule has 1 aliphatic heterocycles. The Morgan fingerprint density at radius 3 is 2.33 bits per heavy atom. The fourth-order valence-electron chi connectivity index (χ4n) is 10.7. The summed E-state index contributed by atoms with van der Waals surface area (Å²) in [4.78, 5) is 12.4. The summed E-state index contributed by atoms with van der Waals surface area (Å²) >= 11 is 0. The smallest absolute Gasteiger partial charge is 0.443 e. The first kappa shape index (κ1) is 26.8. The SMILES string of the molecule is CC[C@H]1C(OC(C)=O)C2C3C[C@@H]4OC(O)(C(F)(F)F)C[C@@H](C)[C@@H]4[C@@]3(C)CCC2[C@@]2(C)CC[C@@H](C)C[C@@H]12. The zero-order valence-electron chi connectivity index (χ0n) is 22.7. The van der Waals surface area contributed by atoms with Gasteiger partial charge in [0.05, 0.1) is 6.10 Å². The molecule has 4 nitrogen and oxygen atoms in total. The first-order chi connectivity index (χ1) is 16.7. The second kappa shape index (κ2) is 8.59. The Balaban J connectivity index is 1.56. The Labute approximate surface area is 214 Å². The van der Waals surface area contributed by atoms with Gasteiger partial charge < -0.3 is 14.6 Å². The fraction of sp³-hybridized carbons (Fsp3) is 0.966. The largest absolute Gasteiger partial charge is 0.462 e. The maximum absolute atomic E-state index is 13.8. The van der Waals surface area contributed by atoms with Crippen LogP contribution in [0.3, 0.4) is 0 Å². The molecule has 0 aromatic rings. The number of esters is 1. The monoisotopic (exact) mass is 514 g/mol. The van der Waals surface area contributed by atoms with Crippen LogP contribution in [0, 0.1) is 58.2 Å². The van der Waals surface area contributed by atoms with E-state index in [2.05, 4.69) is 27.7 Å². The van der Waals surface area contributed by atoms with E-state index in [1.165, 1.54) is 19.8 Å². The summed E-state index contributed by atoms with van der Waals surface area (Å²) < 4.78 is 53.3. The van der Waals surface area contributed by atoms with E-state index in [1.54, 1.807) is 0 Å². The Morgan fingerprint density at radius 2 is 1.72 bits per heavy atom. The second-order valence-corrected chi connectivity index (χ2v) is 13.9. The lowest BCUT2D eigenvalue weighted by Crippen LogP contribution is -2.62. The van der Waals surface area contributed by atoms with Crippen LogP contribution in [0.25, 0.3) is 0 Å². The molecule has 1 heterocycles. The highest BCUT2D eigenvalue weighted by molar-refractivity contribution is 5.66. The number of carbonyl (C=O) groups excluding carboxylic acids is 1. The molecule has 0 amide bonds. The summed E-state index contributed by atoms with van der Waals surface area (Å²) in [6.07, 6.45) is 0.858. The van der Waals surface area contributed by atoms with Crippen molar-refractivity contribution in [3.63, 3.8) is 0 Å². The lowest BCUT2D eigenvalue weighted by atomic mass is 9.41. The second-order valence-electron chi connectivity index (χ2n) is 13.9. The van der Waals surface area contributed by atoms with Crippen molar-refractivity contribution in [2.45, 2.75) is 117 Å². The van der Waals surface area contributed by atoms with Gasteiger partial charge in [0.25, 0.3) is 5.79 Å². The number of rotatable bonds is 2. The number of hydrogen-bond donors (Lipinski definition) is 1. The topological polar surface area (TPSA) is 55.8 Å². The minimum absolute atomic E-state index is 0.0407. The highest BCUT2D eigenvalue weighted by atomic mass is 19.4. The van der Waals surface area contributed by atoms with Gasteiger partial charge in [0.1, 0.15) is 6.10 Å². The Bertz CT molecular complexity index is 877. The van der Waals surface area contributed by atoms with E-state index >= 15 is 0 Å². The summed E-state index contributed by atoms with van der Waals surface area (Å²) in [7, 11) is 0. The Hall–Kier alpha value is -0.820. The van der Waals surface area contributed by atoms with E-state index in [1.807, 2.05) is 6.92 Å². The van der Waals surface area contributed by atoms with Crippen molar-refractivity contribution < 1.29 is 32.5 Å². The lowest BCUT2D eigenvalue weighted by molar-refractivity contribution is -0.401. The Kier molecular flexibility index (Phi) is 6.39. The lowest BCUT2D eigenvalue weighted by Gasteiger charge is -2.65. The zero-order chi connectivity index (χ0) is 26.4. The van der Waals surface area contributed by atoms with Crippen molar-refractivity contribution in [3.8, 4) is 0 Å². The van der Waals surface area contributed by atoms with E-state index in [0.29, 0.717) is 24.2 Å². The van der Waals surface area contributed by atoms with E-state index in [4.69, 9.17) is 9.47 Å². The minimum Gasteiger partial charge on any atom is -0.462 e. The van der Waals surface area contributed by atoms with Gasteiger partial charge in [0.2, 0.25) is 0 Å². The summed E-state index contributed by atoms with van der Waals surface area (Å²) in [6, 6.07) is 0. The van der Waals surface area contributed by atoms with Crippen LogP contribution in [0.4, 0.5) is 13.2 Å². The summed E-state index contributed by atoms with van der Waals surface area (Å²) in [5.74, 6) is -1.66. The third kappa shape index (κ3) is 3.71. The van der Waals surface area contributed by atoms with Gasteiger partial charge in [-0.2, -0.15) is 13.2 Å². The van der Waals surface area contributed by atoms with Gasteiger partial charge in [-0.05, 0) is 90.8 Å². The molecule has 0 aromatic carbocycles. The zero-order valence-corrected chi connectivity index (χ0v) is 22.7. The molecule has 7 heteroatoms. The third-order valence-corrected chi connectivity index (χ3v) is 12.0. The summed E-state index contributed by atoms with van der Waals surface area (Å²) in [5.41, 5.74) is -0.0389. The van der Waals surface area contributed by atoms with E-state index in [0.717, 1.165) is 25.7 Å². The Morgan fingerprint density at radius 1 is 1.06 bits per heavy atom. The average Bonchev–Trinajstić information content (AvgIpc) is 3.06. The van der Waals surface area contributed by atoms with Crippen molar-refractivity contribution in [3.05, 3.63) is 0 Å². The molecular formula is C29H45F3O4. The highest BCUT2D eigenvalue weighted by Crippen LogP contribution is 2.71. The molecule has 0 radical (unpaired) electrons. The molecule has 36 heavy (non-hydrogen) atoms. The number of fused-ring (bicyclic) bond motifs is 7. The van der Waals surface area contributed by atoms with Crippen LogP contribution in [0.2, 0.25) is 0 Å². The molecule has 0 aromatic heterocycles. The molecular weight excluding hydrogens is 469 g/mol. The number of aliphatic hydroxyl groups is 1. The molecule has 5 unspecified atom stereocenters. The number of hydrogen-bond acceptors (Lipinski definition) is 4. The molecule has 13 atom stereocenters. The van der Waals surface area contributed by atoms with Gasteiger partial charge in [0.15, 0.2) is 0 Å². The van der Waals surface area contributed by atoms with Crippen LogP contribution in [0.15, 0.2) is 0 Å². The molecule has 1 N–H and O–H groups in total. The van der Waals surface area contributed by atoms with Crippen LogP contribution >= 0.6 is 0 Å². The minimum atomic E-state index is -4.82. The predicted octanol–water partition coefficient (Wildman–Crippen LogP) is 6.74. The number of ether oxygens (including phenoxy) is 2. The van der Waals surface area contributed by atoms with Crippen LogP contribution in [-0.2, 0) is 14.3 Å². The molecule has 5 fully saturated rings. The maximum atomic E-state index is 13.8. The summed E-state index contributed by atoms with van der Waals surface area (Å²) in [5, 5.41) is 10.5. The predicted molar refractivity (Wildman–Crippen MR) is 130 cm³/mol. The third-order valence-electron chi connectivity index (χ3n) is 12.0. The molecule has 5 aliphatic rings. The average molecular weight is 515 g/mol. The molecule has 206 valence electrons. The molecule has 1 saturated heterocycles. The van der Waals surface area contributed by atoms with Crippen LogP contribution < -0.4 is 0 Å². The van der Waals surface area contributed by atoms with Crippen LogP contribution in [-0.4, -0.2) is 35.2 Å². The van der Waals surface area contributed by atoms with Crippen molar-refractivity contribution in [1.82, 2.24) is 0 Å². The van der Waals surface area contributed by atoms with Crippen molar-refractivity contribution in [1.29, 1.82) is 0 Å². The number of halogens is 3. The fourth-order valence-corrected chi connectivity index (χ4v) is 10.7. The van der Waals surface area contributed by atoms with Gasteiger partial charge in [-0.25, -0.2) is 0 Å². The number of carbonyl (C=O) groups is 1. The molecule has 0 spiro atoms.